The van der Waals surface area contributed by atoms with Gasteiger partial charge in [-0.1, -0.05) is 137 Å². The molecule has 0 spiro atoms. The summed E-state index contributed by atoms with van der Waals surface area (Å²) in [6, 6.07) is 55.8. The zero-order valence-corrected chi connectivity index (χ0v) is 34.4. The van der Waals surface area contributed by atoms with Gasteiger partial charge in [0.15, 0.2) is 0 Å². The van der Waals surface area contributed by atoms with Gasteiger partial charge in [-0.15, -0.1) is 10.9 Å². The summed E-state index contributed by atoms with van der Waals surface area (Å²) >= 11 is 0. The summed E-state index contributed by atoms with van der Waals surface area (Å²) in [6.45, 7) is 0. The minimum atomic E-state index is 0.168. The van der Waals surface area contributed by atoms with Crippen LogP contribution in [0.15, 0.2) is 168 Å². The number of para-hydroxylation sites is 1. The Hall–Kier alpha value is -7.17. The van der Waals surface area contributed by atoms with Crippen molar-refractivity contribution in [1.29, 1.82) is 0 Å². The van der Waals surface area contributed by atoms with Crippen LogP contribution in [-0.2, 0) is 0 Å². The van der Waals surface area contributed by atoms with Crippen molar-refractivity contribution in [1.82, 2.24) is 9.13 Å². The first-order chi connectivity index (χ1) is 31.2. The van der Waals surface area contributed by atoms with E-state index in [0.29, 0.717) is 43.8 Å². The maximum absolute atomic E-state index is 7.43. The average molecular weight is 796 g/mol. The fourth-order valence-electron chi connectivity index (χ4n) is 9.93. The van der Waals surface area contributed by atoms with Gasteiger partial charge < -0.3 is 13.6 Å². The van der Waals surface area contributed by atoms with Crippen LogP contribution in [0.2, 0.25) is 0 Å². The lowest BCUT2D eigenvalue weighted by Crippen LogP contribution is -2.48. The maximum atomic E-state index is 7.43. The van der Waals surface area contributed by atoms with E-state index in [9.17, 15) is 0 Å². The molecule has 0 amide bonds. The number of aromatic nitrogens is 2. The lowest BCUT2D eigenvalue weighted by Gasteiger charge is -2.19. The molecule has 0 atom stereocenters. The molecule has 0 N–H and O–H groups in total. The normalized spacial score (nSPS) is 11.9. The van der Waals surface area contributed by atoms with Crippen molar-refractivity contribution >= 4 is 159 Å². The van der Waals surface area contributed by atoms with E-state index >= 15 is 0 Å². The Kier molecular flexibility index (Phi) is 8.69. The van der Waals surface area contributed by atoms with Crippen molar-refractivity contribution in [2.45, 2.75) is 0 Å². The van der Waals surface area contributed by atoms with Crippen molar-refractivity contribution in [3.63, 3.8) is 0 Å². The summed E-state index contributed by atoms with van der Waals surface area (Å²) in [7, 11) is 48.9. The van der Waals surface area contributed by atoms with Gasteiger partial charge in [-0.25, -0.2) is 0 Å². The predicted octanol–water partition coefficient (Wildman–Crippen LogP) is 6.34. The maximum Gasteiger partial charge on any atom is 0.137 e. The molecule has 0 saturated heterocycles. The average Bonchev–Trinajstić information content (AvgIpc) is 4.01. The highest BCUT2D eigenvalue weighted by Crippen LogP contribution is 2.41. The first-order valence-electron chi connectivity index (χ1n) is 21.0. The fraction of sp³-hybridized carbons (Fsp3) is 0. The highest BCUT2D eigenvalue weighted by Gasteiger charge is 2.25. The van der Waals surface area contributed by atoms with Crippen LogP contribution in [0.3, 0.4) is 0 Å². The van der Waals surface area contributed by atoms with Crippen LogP contribution in [0.5, 0.6) is 0 Å². The third-order valence-corrected chi connectivity index (χ3v) is 12.9. The molecule has 0 fully saturated rings. The fourth-order valence-corrected chi connectivity index (χ4v) is 9.93. The Balaban J connectivity index is 1.15. The monoisotopic (exact) mass is 796 g/mol. The summed E-state index contributed by atoms with van der Waals surface area (Å²) in [5.41, 5.74) is 13.8. The number of hydrogen-bond donors (Lipinski definition) is 0. The van der Waals surface area contributed by atoms with Gasteiger partial charge in [0, 0.05) is 55.4 Å². The van der Waals surface area contributed by atoms with Gasteiger partial charge in [-0.2, -0.15) is 0 Å². The lowest BCUT2D eigenvalue weighted by molar-refractivity contribution is 0.668. The largest absolute Gasteiger partial charge is 0.456 e. The van der Waals surface area contributed by atoms with Crippen molar-refractivity contribution in [3.05, 3.63) is 164 Å². The molecule has 3 heterocycles. The predicted molar refractivity (Wildman–Crippen MR) is 276 cm³/mol. The van der Waals surface area contributed by atoms with E-state index in [2.05, 4.69) is 108 Å². The summed E-state index contributed by atoms with van der Waals surface area (Å²) in [5.74, 6) is 0. The quantitative estimate of drug-likeness (QED) is 0.187. The second-order valence-corrected chi connectivity index (χ2v) is 16.4. The second-order valence-electron chi connectivity index (χ2n) is 16.4. The van der Waals surface area contributed by atoms with Crippen molar-refractivity contribution in [3.8, 4) is 44.8 Å². The van der Waals surface area contributed by atoms with Crippen LogP contribution >= 0.6 is 0 Å². The number of hydrogen-bond acceptors (Lipinski definition) is 1. The number of rotatable bonds is 5. The van der Waals surface area contributed by atoms with Gasteiger partial charge in [0.05, 0.1) is 11.0 Å². The van der Waals surface area contributed by atoms with Crippen molar-refractivity contribution in [2.24, 2.45) is 0 Å². The number of nitrogens with zero attached hydrogens (tertiary/aromatic N) is 2. The van der Waals surface area contributed by atoms with E-state index in [1.807, 2.05) is 65.2 Å². The van der Waals surface area contributed by atoms with E-state index in [1.165, 1.54) is 0 Å². The molecule has 0 aliphatic carbocycles. The van der Waals surface area contributed by atoms with Gasteiger partial charge >= 0.3 is 0 Å². The molecular formula is C54H27B7N2O. The SMILES string of the molecule is [B]c1c([B])c([B])c2c(c1[B])c1c([B])c(-c3ccc4c(c3)c3c(-c5ccccc5)cccc3n4-c3ccc4c(c3)oc3ccccc34)c([B])c([B])c1n2-c1cccc(-c2ccccc2)c1. The standard InChI is InChI=1S/C54H27B7N2O/c55-46-42(47(56)51(60)53-44(46)45-48(57)49(58)50(59)52(61)54(45)63(53)32-16-9-15-30(25-32)28-11-3-1-4-12-28)31-21-24-38-37(26-31)43-34(29-13-5-2-6-14-29)18-10-19-39(43)62(38)33-22-23-36-35-17-7-8-20-40(35)64-41(36)27-33/h1-27H. The zero-order chi connectivity index (χ0) is 43.5. The highest BCUT2D eigenvalue weighted by molar-refractivity contribution is 6.69. The molecule has 3 nitrogen and oxygen atoms in total. The molecule has 0 aliphatic heterocycles. The molecule has 0 bridgehead atoms. The molecular weight excluding hydrogens is 768 g/mol. The number of fused-ring (bicyclic) bond motifs is 9. The van der Waals surface area contributed by atoms with Crippen LogP contribution < -0.4 is 38.2 Å². The molecule has 12 aromatic rings. The molecule has 0 aliphatic rings. The highest BCUT2D eigenvalue weighted by atomic mass is 16.3. The minimum absolute atomic E-state index is 0.168. The van der Waals surface area contributed by atoms with Gasteiger partial charge in [-0.3, -0.25) is 0 Å². The Morgan fingerprint density at radius 1 is 0.328 bits per heavy atom. The van der Waals surface area contributed by atoms with Crippen LogP contribution in [0.1, 0.15) is 0 Å². The topological polar surface area (TPSA) is 23.0 Å². The molecule has 0 unspecified atom stereocenters. The Bertz CT molecular complexity index is 3930. The summed E-state index contributed by atoms with van der Waals surface area (Å²) in [5, 5.41) is 5.31. The molecule has 10 heteroatoms. The number of benzene rings is 9. The van der Waals surface area contributed by atoms with E-state index in [0.717, 1.165) is 82.9 Å². The van der Waals surface area contributed by atoms with Crippen molar-refractivity contribution in [2.75, 3.05) is 0 Å². The molecule has 0 saturated carbocycles. The van der Waals surface area contributed by atoms with Crippen LogP contribution in [0, 0.1) is 0 Å². The second kappa shape index (κ2) is 14.4. The Morgan fingerprint density at radius 2 is 0.953 bits per heavy atom. The lowest BCUT2D eigenvalue weighted by atomic mass is 9.64. The van der Waals surface area contributed by atoms with E-state index in [-0.39, 0.29) is 21.9 Å². The third-order valence-electron chi connectivity index (χ3n) is 12.9. The first kappa shape index (κ1) is 38.5. The van der Waals surface area contributed by atoms with Gasteiger partial charge in [-0.05, 0) is 87.3 Å². The molecule has 14 radical (unpaired) electrons. The Morgan fingerprint density at radius 3 is 1.73 bits per heavy atom. The summed E-state index contributed by atoms with van der Waals surface area (Å²) < 4.78 is 10.6. The molecule has 9 aromatic carbocycles. The third kappa shape index (κ3) is 5.51. The molecule has 64 heavy (non-hydrogen) atoms. The van der Waals surface area contributed by atoms with Crippen LogP contribution in [0.4, 0.5) is 0 Å². The molecule has 280 valence electrons. The van der Waals surface area contributed by atoms with Gasteiger partial charge in [0.2, 0.25) is 0 Å². The van der Waals surface area contributed by atoms with Crippen molar-refractivity contribution < 1.29 is 4.42 Å². The smallest absolute Gasteiger partial charge is 0.137 e. The van der Waals surface area contributed by atoms with E-state index in [4.69, 9.17) is 59.3 Å². The van der Waals surface area contributed by atoms with Crippen LogP contribution in [0.25, 0.3) is 110 Å². The summed E-state index contributed by atoms with van der Waals surface area (Å²) in [6.07, 6.45) is 0. The Labute approximate surface area is 379 Å². The van der Waals surface area contributed by atoms with Gasteiger partial charge in [0.1, 0.15) is 66.1 Å². The first-order valence-corrected chi connectivity index (χ1v) is 21.0. The minimum Gasteiger partial charge on any atom is -0.456 e. The van der Waals surface area contributed by atoms with Crippen LogP contribution in [-0.4, -0.2) is 64.1 Å². The zero-order valence-electron chi connectivity index (χ0n) is 34.4. The summed E-state index contributed by atoms with van der Waals surface area (Å²) in [4.78, 5) is 0. The molecule has 3 aromatic heterocycles. The van der Waals surface area contributed by atoms with E-state index in [1.54, 1.807) is 0 Å². The van der Waals surface area contributed by atoms with Gasteiger partial charge in [0.25, 0.3) is 0 Å². The molecule has 12 rings (SSSR count). The number of furan rings is 1. The van der Waals surface area contributed by atoms with E-state index < -0.39 is 0 Å².